The number of aromatic nitrogens is 2. The summed E-state index contributed by atoms with van der Waals surface area (Å²) in [5.41, 5.74) is 2.57. The van der Waals surface area contributed by atoms with E-state index in [1.165, 1.54) is 6.08 Å². The van der Waals surface area contributed by atoms with Gasteiger partial charge in [-0.2, -0.15) is 5.10 Å². The van der Waals surface area contributed by atoms with Gasteiger partial charge in [-0.25, -0.2) is 8.42 Å². The summed E-state index contributed by atoms with van der Waals surface area (Å²) < 4.78 is 28.6. The fraction of sp³-hybridized carbons (Fsp3) is 0.143. The normalized spacial score (nSPS) is 11.5. The lowest BCUT2D eigenvalue weighted by molar-refractivity contribution is 0.0785. The number of hydrogen-bond acceptors (Lipinski definition) is 4. The summed E-state index contributed by atoms with van der Waals surface area (Å²) in [6.07, 6.45) is 5.09. The first-order chi connectivity index (χ1) is 13.8. The van der Waals surface area contributed by atoms with Crippen LogP contribution < -0.4 is 4.72 Å². The van der Waals surface area contributed by atoms with Crippen LogP contribution in [0.15, 0.2) is 72.4 Å². The maximum atomic E-state index is 12.6. The van der Waals surface area contributed by atoms with Crippen LogP contribution in [0.2, 0.25) is 0 Å². The summed E-state index contributed by atoms with van der Waals surface area (Å²) >= 11 is 0. The standard InChI is InChI=1S/C21H22N4O3S/c1-24(15-18-14-22-25(2)16-18)21(26)19-8-10-20(11-9-19)23-29(27,28)13-12-17-6-4-3-5-7-17/h3-14,16,23H,15H2,1-2H3/b13-12+. The van der Waals surface area contributed by atoms with E-state index < -0.39 is 10.0 Å². The minimum atomic E-state index is -3.66. The van der Waals surface area contributed by atoms with Crippen molar-refractivity contribution < 1.29 is 13.2 Å². The van der Waals surface area contributed by atoms with Gasteiger partial charge in [0.2, 0.25) is 0 Å². The highest BCUT2D eigenvalue weighted by Gasteiger charge is 2.13. The summed E-state index contributed by atoms with van der Waals surface area (Å²) in [4.78, 5) is 14.1. The number of aryl methyl sites for hydroxylation is 1. The molecule has 0 unspecified atom stereocenters. The Kier molecular flexibility index (Phi) is 6.13. The number of benzene rings is 2. The van der Waals surface area contributed by atoms with Crippen molar-refractivity contribution in [1.82, 2.24) is 14.7 Å². The molecule has 1 N–H and O–H groups in total. The molecule has 0 aliphatic heterocycles. The number of carbonyl (C=O) groups excluding carboxylic acids is 1. The molecule has 1 heterocycles. The van der Waals surface area contributed by atoms with E-state index >= 15 is 0 Å². The molecule has 1 aromatic heterocycles. The van der Waals surface area contributed by atoms with Crippen LogP contribution in [0.3, 0.4) is 0 Å². The third-order valence-corrected chi connectivity index (χ3v) is 5.17. The number of nitrogens with zero attached hydrogens (tertiary/aromatic N) is 3. The predicted octanol–water partition coefficient (Wildman–Crippen LogP) is 3.10. The number of amides is 1. The van der Waals surface area contributed by atoms with Crippen LogP contribution in [-0.2, 0) is 23.6 Å². The average Bonchev–Trinajstić information content (AvgIpc) is 3.11. The van der Waals surface area contributed by atoms with Gasteiger partial charge in [0, 0.05) is 43.7 Å². The highest BCUT2D eigenvalue weighted by Crippen LogP contribution is 2.15. The predicted molar refractivity (Wildman–Crippen MR) is 113 cm³/mol. The van der Waals surface area contributed by atoms with Crippen molar-refractivity contribution in [3.05, 3.63) is 89.1 Å². The van der Waals surface area contributed by atoms with Crippen molar-refractivity contribution in [3.63, 3.8) is 0 Å². The van der Waals surface area contributed by atoms with Gasteiger partial charge < -0.3 is 4.90 Å². The van der Waals surface area contributed by atoms with Crippen LogP contribution in [0.25, 0.3) is 6.08 Å². The Labute approximate surface area is 170 Å². The Bertz CT molecular complexity index is 1100. The lowest BCUT2D eigenvalue weighted by Gasteiger charge is -2.16. The molecular weight excluding hydrogens is 388 g/mol. The Morgan fingerprint density at radius 2 is 1.83 bits per heavy atom. The van der Waals surface area contributed by atoms with Crippen molar-refractivity contribution >= 4 is 27.7 Å². The molecule has 0 aliphatic rings. The molecule has 1 amide bonds. The molecule has 29 heavy (non-hydrogen) atoms. The molecule has 0 atom stereocenters. The molecule has 0 radical (unpaired) electrons. The van der Waals surface area contributed by atoms with Gasteiger partial charge in [0.1, 0.15) is 0 Å². The first kappa shape index (κ1) is 20.3. The number of anilines is 1. The number of sulfonamides is 1. The maximum Gasteiger partial charge on any atom is 0.255 e. The van der Waals surface area contributed by atoms with E-state index in [2.05, 4.69) is 9.82 Å². The van der Waals surface area contributed by atoms with Gasteiger partial charge in [-0.05, 0) is 35.9 Å². The van der Waals surface area contributed by atoms with Gasteiger partial charge in [0.25, 0.3) is 15.9 Å². The highest BCUT2D eigenvalue weighted by atomic mass is 32.2. The molecule has 0 spiro atoms. The Hall–Kier alpha value is -3.39. The monoisotopic (exact) mass is 410 g/mol. The summed E-state index contributed by atoms with van der Waals surface area (Å²) in [5, 5.41) is 5.20. The molecule has 150 valence electrons. The molecule has 8 heteroatoms. The van der Waals surface area contributed by atoms with Crippen LogP contribution in [0.1, 0.15) is 21.5 Å². The summed E-state index contributed by atoms with van der Waals surface area (Å²) in [5.74, 6) is -0.160. The van der Waals surface area contributed by atoms with E-state index in [4.69, 9.17) is 0 Å². The van der Waals surface area contributed by atoms with Gasteiger partial charge in [-0.15, -0.1) is 0 Å². The Morgan fingerprint density at radius 3 is 2.45 bits per heavy atom. The topological polar surface area (TPSA) is 84.3 Å². The van der Waals surface area contributed by atoms with Crippen molar-refractivity contribution in [2.45, 2.75) is 6.54 Å². The van der Waals surface area contributed by atoms with E-state index in [0.717, 1.165) is 16.5 Å². The number of rotatable bonds is 7. The molecule has 0 bridgehead atoms. The van der Waals surface area contributed by atoms with Crippen molar-refractivity contribution in [2.24, 2.45) is 7.05 Å². The van der Waals surface area contributed by atoms with E-state index in [1.54, 1.807) is 47.1 Å². The largest absolute Gasteiger partial charge is 0.337 e. The van der Waals surface area contributed by atoms with E-state index in [-0.39, 0.29) is 5.91 Å². The molecule has 0 aliphatic carbocycles. The second-order valence-corrected chi connectivity index (χ2v) is 8.19. The molecule has 3 aromatic rings. The number of hydrogen-bond donors (Lipinski definition) is 1. The highest BCUT2D eigenvalue weighted by molar-refractivity contribution is 7.95. The fourth-order valence-corrected chi connectivity index (χ4v) is 3.60. The quantitative estimate of drug-likeness (QED) is 0.649. The lowest BCUT2D eigenvalue weighted by atomic mass is 10.2. The van der Waals surface area contributed by atoms with Crippen LogP contribution in [0.5, 0.6) is 0 Å². The van der Waals surface area contributed by atoms with Crippen molar-refractivity contribution in [1.29, 1.82) is 0 Å². The smallest absolute Gasteiger partial charge is 0.255 e. The van der Waals surface area contributed by atoms with Gasteiger partial charge in [0.15, 0.2) is 0 Å². The average molecular weight is 410 g/mol. The van der Waals surface area contributed by atoms with Crippen molar-refractivity contribution in [3.8, 4) is 0 Å². The first-order valence-electron chi connectivity index (χ1n) is 8.91. The van der Waals surface area contributed by atoms with E-state index in [9.17, 15) is 13.2 Å². The molecule has 7 nitrogen and oxygen atoms in total. The fourth-order valence-electron chi connectivity index (χ4n) is 2.73. The zero-order valence-corrected chi connectivity index (χ0v) is 17.0. The van der Waals surface area contributed by atoms with Gasteiger partial charge >= 0.3 is 0 Å². The number of nitrogens with one attached hydrogen (secondary N) is 1. The van der Waals surface area contributed by atoms with Gasteiger partial charge in [-0.3, -0.25) is 14.2 Å². The minimum Gasteiger partial charge on any atom is -0.337 e. The van der Waals surface area contributed by atoms with Crippen LogP contribution in [0, 0.1) is 0 Å². The van der Waals surface area contributed by atoms with E-state index in [1.807, 2.05) is 43.6 Å². The molecular formula is C21H22N4O3S. The second-order valence-electron chi connectivity index (χ2n) is 6.62. The van der Waals surface area contributed by atoms with E-state index in [0.29, 0.717) is 17.8 Å². The zero-order valence-electron chi connectivity index (χ0n) is 16.2. The minimum absolute atomic E-state index is 0.160. The Morgan fingerprint density at radius 1 is 1.14 bits per heavy atom. The summed E-state index contributed by atoms with van der Waals surface area (Å²) in [6, 6.07) is 15.5. The molecule has 0 fully saturated rings. The first-order valence-corrected chi connectivity index (χ1v) is 10.5. The van der Waals surface area contributed by atoms with Crippen molar-refractivity contribution in [2.75, 3.05) is 11.8 Å². The molecule has 3 rings (SSSR count). The van der Waals surface area contributed by atoms with Crippen LogP contribution in [0.4, 0.5) is 5.69 Å². The third kappa shape index (κ3) is 5.79. The summed E-state index contributed by atoms with van der Waals surface area (Å²) in [6.45, 7) is 0.436. The lowest BCUT2D eigenvalue weighted by Crippen LogP contribution is -2.26. The molecule has 0 saturated carbocycles. The second kappa shape index (κ2) is 8.74. The third-order valence-electron chi connectivity index (χ3n) is 4.16. The molecule has 0 saturated heterocycles. The van der Waals surface area contributed by atoms with Crippen LogP contribution >= 0.6 is 0 Å². The maximum absolute atomic E-state index is 12.6. The zero-order chi connectivity index (χ0) is 20.9. The Balaban J connectivity index is 1.63. The van der Waals surface area contributed by atoms with Gasteiger partial charge in [-0.1, -0.05) is 30.3 Å². The van der Waals surface area contributed by atoms with Gasteiger partial charge in [0.05, 0.1) is 11.6 Å². The SMILES string of the molecule is CN(Cc1cnn(C)c1)C(=O)c1ccc(NS(=O)(=O)/C=C/c2ccccc2)cc1. The molecule has 2 aromatic carbocycles. The van der Waals surface area contributed by atoms with Crippen LogP contribution in [-0.4, -0.2) is 36.1 Å². The summed E-state index contributed by atoms with van der Waals surface area (Å²) in [7, 11) is -0.128. The number of carbonyl (C=O) groups is 1.